The van der Waals surface area contributed by atoms with Gasteiger partial charge in [0, 0.05) is 38.8 Å². The van der Waals surface area contributed by atoms with Crippen LogP contribution >= 0.6 is 0 Å². The number of aromatic nitrogens is 3. The lowest BCUT2D eigenvalue weighted by molar-refractivity contribution is 0.0700. The zero-order valence-corrected chi connectivity index (χ0v) is 19.9. The van der Waals surface area contributed by atoms with E-state index in [-0.39, 0.29) is 23.9 Å². The van der Waals surface area contributed by atoms with Crippen LogP contribution in [0.5, 0.6) is 0 Å². The molecule has 0 radical (unpaired) electrons. The van der Waals surface area contributed by atoms with E-state index in [0.717, 1.165) is 16.6 Å². The summed E-state index contributed by atoms with van der Waals surface area (Å²) in [5, 5.41) is 5.22. The Morgan fingerprint density at radius 3 is 2.18 bits per heavy atom. The van der Waals surface area contributed by atoms with Gasteiger partial charge < -0.3 is 4.90 Å². The monoisotopic (exact) mass is 475 g/mol. The van der Waals surface area contributed by atoms with Gasteiger partial charge in [-0.3, -0.25) is 9.48 Å². The van der Waals surface area contributed by atoms with Crippen LogP contribution in [-0.2, 0) is 17.1 Å². The molecule has 0 saturated carbocycles. The van der Waals surface area contributed by atoms with Gasteiger partial charge in [-0.2, -0.15) is 9.40 Å². The molecule has 1 amide bonds. The highest BCUT2D eigenvalue weighted by atomic mass is 32.2. The van der Waals surface area contributed by atoms with Crippen molar-refractivity contribution in [2.45, 2.75) is 11.8 Å². The first-order chi connectivity index (χ1) is 16.4. The summed E-state index contributed by atoms with van der Waals surface area (Å²) in [5.74, 6) is -0.141. The third kappa shape index (κ3) is 3.86. The minimum atomic E-state index is -3.58. The fourth-order valence-corrected chi connectivity index (χ4v) is 5.86. The third-order valence-corrected chi connectivity index (χ3v) is 8.09. The summed E-state index contributed by atoms with van der Waals surface area (Å²) in [6.45, 7) is 2.99. The fraction of sp³-hybridized carbons (Fsp3) is 0.240. The van der Waals surface area contributed by atoms with E-state index < -0.39 is 10.0 Å². The SMILES string of the molecule is Cc1nn(C)c2nc(-c3ccccc3)cc(C(=O)N3CCN(S(=O)(=O)c4ccccc4)CC3)c12. The van der Waals surface area contributed by atoms with Gasteiger partial charge in [-0.25, -0.2) is 13.4 Å². The average Bonchev–Trinajstić information content (AvgIpc) is 3.17. The number of hydrogen-bond acceptors (Lipinski definition) is 5. The van der Waals surface area contributed by atoms with E-state index in [4.69, 9.17) is 4.98 Å². The second-order valence-electron chi connectivity index (χ2n) is 8.34. The summed E-state index contributed by atoms with van der Waals surface area (Å²) in [7, 11) is -1.77. The van der Waals surface area contributed by atoms with E-state index in [1.807, 2.05) is 50.4 Å². The quantitative estimate of drug-likeness (QED) is 0.453. The number of rotatable bonds is 4. The molecule has 9 heteroatoms. The van der Waals surface area contributed by atoms with Gasteiger partial charge in [0.25, 0.3) is 5.91 Å². The maximum absolute atomic E-state index is 13.7. The summed E-state index contributed by atoms with van der Waals surface area (Å²) in [4.78, 5) is 20.4. The molecule has 1 saturated heterocycles. The molecule has 5 rings (SSSR count). The molecule has 174 valence electrons. The van der Waals surface area contributed by atoms with Crippen molar-refractivity contribution >= 4 is 27.0 Å². The molecule has 0 atom stereocenters. The van der Waals surface area contributed by atoms with Crippen molar-refractivity contribution in [3.63, 3.8) is 0 Å². The van der Waals surface area contributed by atoms with Gasteiger partial charge >= 0.3 is 0 Å². The van der Waals surface area contributed by atoms with Gasteiger partial charge in [0.2, 0.25) is 10.0 Å². The van der Waals surface area contributed by atoms with Crippen molar-refractivity contribution in [3.8, 4) is 11.3 Å². The lowest BCUT2D eigenvalue weighted by Crippen LogP contribution is -2.50. The standard InChI is InChI=1S/C25H25N5O3S/c1-18-23-21(17-22(19-9-5-3-6-10-19)26-24(23)28(2)27-18)25(31)29-13-15-30(16-14-29)34(32,33)20-11-7-4-8-12-20/h3-12,17H,13-16H2,1-2H3. The van der Waals surface area contributed by atoms with Gasteiger partial charge in [0.15, 0.2) is 5.65 Å². The number of pyridine rings is 1. The Balaban J connectivity index is 1.45. The molecule has 1 aliphatic rings. The predicted molar refractivity (Wildman–Crippen MR) is 130 cm³/mol. The van der Waals surface area contributed by atoms with Crippen LogP contribution < -0.4 is 0 Å². The van der Waals surface area contributed by atoms with E-state index >= 15 is 0 Å². The largest absolute Gasteiger partial charge is 0.336 e. The number of aryl methyl sites for hydroxylation is 2. The van der Waals surface area contributed by atoms with Crippen LogP contribution in [0.25, 0.3) is 22.3 Å². The summed E-state index contributed by atoms with van der Waals surface area (Å²) in [6, 6.07) is 19.9. The van der Waals surface area contributed by atoms with Crippen molar-refractivity contribution in [2.75, 3.05) is 26.2 Å². The first-order valence-corrected chi connectivity index (χ1v) is 12.5. The van der Waals surface area contributed by atoms with Crippen LogP contribution in [0.2, 0.25) is 0 Å². The normalized spacial score (nSPS) is 15.1. The number of piperazine rings is 1. The third-order valence-electron chi connectivity index (χ3n) is 6.18. The average molecular weight is 476 g/mol. The first kappa shape index (κ1) is 22.2. The number of hydrogen-bond donors (Lipinski definition) is 0. The van der Waals surface area contributed by atoms with Crippen LogP contribution in [-0.4, -0.2) is 64.5 Å². The first-order valence-electron chi connectivity index (χ1n) is 11.1. The van der Waals surface area contributed by atoms with Crippen molar-refractivity contribution in [1.29, 1.82) is 0 Å². The van der Waals surface area contributed by atoms with Crippen LogP contribution in [0.4, 0.5) is 0 Å². The smallest absolute Gasteiger partial charge is 0.254 e. The predicted octanol–water partition coefficient (Wildman–Crippen LogP) is 3.09. The maximum atomic E-state index is 13.7. The Hall–Kier alpha value is -3.56. The molecule has 0 bridgehead atoms. The minimum Gasteiger partial charge on any atom is -0.336 e. The van der Waals surface area contributed by atoms with E-state index in [0.29, 0.717) is 30.0 Å². The molecule has 4 aromatic rings. The van der Waals surface area contributed by atoms with E-state index in [2.05, 4.69) is 5.10 Å². The second kappa shape index (κ2) is 8.66. The molecular formula is C25H25N5O3S. The van der Waals surface area contributed by atoms with Crippen molar-refractivity contribution < 1.29 is 13.2 Å². The van der Waals surface area contributed by atoms with E-state index in [1.54, 1.807) is 39.9 Å². The number of nitrogens with zero attached hydrogens (tertiary/aromatic N) is 5. The molecule has 8 nitrogen and oxygen atoms in total. The number of benzene rings is 2. The van der Waals surface area contributed by atoms with Crippen molar-refractivity contribution in [1.82, 2.24) is 24.0 Å². The Bertz CT molecular complexity index is 1460. The fourth-order valence-electron chi connectivity index (χ4n) is 4.41. The molecule has 1 fully saturated rings. The zero-order valence-electron chi connectivity index (χ0n) is 19.0. The number of fused-ring (bicyclic) bond motifs is 1. The molecular weight excluding hydrogens is 450 g/mol. The summed E-state index contributed by atoms with van der Waals surface area (Å²) in [6.07, 6.45) is 0. The van der Waals surface area contributed by atoms with Crippen LogP contribution in [0.15, 0.2) is 71.6 Å². The van der Waals surface area contributed by atoms with Gasteiger partial charge in [-0.15, -0.1) is 0 Å². The lowest BCUT2D eigenvalue weighted by atomic mass is 10.0. The van der Waals surface area contributed by atoms with Crippen molar-refractivity contribution in [3.05, 3.63) is 78.0 Å². The lowest BCUT2D eigenvalue weighted by Gasteiger charge is -2.34. The molecule has 34 heavy (non-hydrogen) atoms. The van der Waals surface area contributed by atoms with Crippen molar-refractivity contribution in [2.24, 2.45) is 7.05 Å². The highest BCUT2D eigenvalue weighted by molar-refractivity contribution is 7.89. The molecule has 0 spiro atoms. The Kier molecular flexibility index (Phi) is 5.66. The Morgan fingerprint density at radius 2 is 1.53 bits per heavy atom. The number of carbonyl (C=O) groups is 1. The molecule has 2 aromatic heterocycles. The molecule has 3 heterocycles. The topological polar surface area (TPSA) is 88.4 Å². The van der Waals surface area contributed by atoms with Crippen LogP contribution in [0.1, 0.15) is 16.1 Å². The van der Waals surface area contributed by atoms with Crippen LogP contribution in [0.3, 0.4) is 0 Å². The molecule has 0 aliphatic carbocycles. The maximum Gasteiger partial charge on any atom is 0.254 e. The Labute approximate surface area is 198 Å². The molecule has 0 unspecified atom stereocenters. The van der Waals surface area contributed by atoms with Gasteiger partial charge in [0.05, 0.1) is 27.2 Å². The van der Waals surface area contributed by atoms with E-state index in [1.165, 1.54) is 4.31 Å². The highest BCUT2D eigenvalue weighted by Gasteiger charge is 2.31. The number of sulfonamides is 1. The minimum absolute atomic E-state index is 0.141. The summed E-state index contributed by atoms with van der Waals surface area (Å²) in [5.41, 5.74) is 3.53. The van der Waals surface area contributed by atoms with Crippen LogP contribution in [0, 0.1) is 6.92 Å². The van der Waals surface area contributed by atoms with Gasteiger partial charge in [-0.05, 0) is 25.1 Å². The van der Waals surface area contributed by atoms with E-state index in [9.17, 15) is 13.2 Å². The second-order valence-corrected chi connectivity index (χ2v) is 10.3. The molecule has 2 aromatic carbocycles. The highest BCUT2D eigenvalue weighted by Crippen LogP contribution is 2.28. The summed E-state index contributed by atoms with van der Waals surface area (Å²) < 4.78 is 29.1. The molecule has 1 aliphatic heterocycles. The number of amides is 1. The van der Waals surface area contributed by atoms with Gasteiger partial charge in [0.1, 0.15) is 0 Å². The molecule has 0 N–H and O–H groups in total. The van der Waals surface area contributed by atoms with Gasteiger partial charge in [-0.1, -0.05) is 48.5 Å². The zero-order chi connectivity index (χ0) is 23.9. The number of carbonyl (C=O) groups excluding carboxylic acids is 1. The summed E-state index contributed by atoms with van der Waals surface area (Å²) >= 11 is 0. The Morgan fingerprint density at radius 1 is 0.912 bits per heavy atom.